The number of aryl methyl sites for hydroxylation is 1. The molecule has 0 aliphatic carbocycles. The Balaban J connectivity index is 1.46. The number of urea groups is 1. The molecule has 7 nitrogen and oxygen atoms in total. The summed E-state index contributed by atoms with van der Waals surface area (Å²) in [6.07, 6.45) is 0. The number of ether oxygens (including phenoxy) is 1. The predicted molar refractivity (Wildman–Crippen MR) is 102 cm³/mol. The van der Waals surface area contributed by atoms with Crippen LogP contribution in [0.2, 0.25) is 0 Å². The Morgan fingerprint density at radius 2 is 2.04 bits per heavy atom. The number of para-hydroxylation sites is 1. The summed E-state index contributed by atoms with van der Waals surface area (Å²) >= 11 is 0. The van der Waals surface area contributed by atoms with Crippen molar-refractivity contribution in [3.63, 3.8) is 0 Å². The van der Waals surface area contributed by atoms with Crippen LogP contribution in [0.5, 0.6) is 5.75 Å². The zero-order valence-electron chi connectivity index (χ0n) is 15.0. The van der Waals surface area contributed by atoms with Gasteiger partial charge in [0, 0.05) is 22.7 Å². The van der Waals surface area contributed by atoms with E-state index in [1.54, 1.807) is 18.2 Å². The molecule has 2 heterocycles. The van der Waals surface area contributed by atoms with Crippen LogP contribution in [0.15, 0.2) is 46.9 Å². The Kier molecular flexibility index (Phi) is 4.19. The van der Waals surface area contributed by atoms with E-state index >= 15 is 0 Å². The summed E-state index contributed by atoms with van der Waals surface area (Å²) in [6.45, 7) is 3.81. The number of amides is 3. The van der Waals surface area contributed by atoms with Crippen molar-refractivity contribution in [2.24, 2.45) is 0 Å². The third-order valence-corrected chi connectivity index (χ3v) is 4.49. The van der Waals surface area contributed by atoms with Crippen molar-refractivity contribution in [1.82, 2.24) is 5.32 Å². The van der Waals surface area contributed by atoms with Gasteiger partial charge >= 0.3 is 6.03 Å². The lowest BCUT2D eigenvalue weighted by Gasteiger charge is -2.19. The Bertz CT molecular complexity index is 1040. The number of hydrogen-bond donors (Lipinski definition) is 3. The summed E-state index contributed by atoms with van der Waals surface area (Å²) in [7, 11) is 0. The fourth-order valence-corrected chi connectivity index (χ4v) is 3.19. The van der Waals surface area contributed by atoms with Crippen molar-refractivity contribution in [3.05, 3.63) is 53.8 Å². The number of carbonyl (C=O) groups excluding carboxylic acids is 2. The Morgan fingerprint density at radius 1 is 1.22 bits per heavy atom. The van der Waals surface area contributed by atoms with Gasteiger partial charge in [-0.05, 0) is 32.0 Å². The maximum absolute atomic E-state index is 12.4. The molecule has 0 fully saturated rings. The highest BCUT2D eigenvalue weighted by Crippen LogP contribution is 2.31. The molecular weight excluding hydrogens is 346 g/mol. The van der Waals surface area contributed by atoms with Crippen LogP contribution in [0.25, 0.3) is 11.0 Å². The first-order chi connectivity index (χ1) is 13.0. The van der Waals surface area contributed by atoms with E-state index < -0.39 is 0 Å². The summed E-state index contributed by atoms with van der Waals surface area (Å²) in [6, 6.07) is 12.2. The van der Waals surface area contributed by atoms with Crippen LogP contribution in [-0.2, 0) is 4.79 Å². The van der Waals surface area contributed by atoms with Crippen LogP contribution >= 0.6 is 0 Å². The number of benzene rings is 2. The fourth-order valence-electron chi connectivity index (χ4n) is 3.19. The number of nitrogens with one attached hydrogen (secondary N) is 3. The fraction of sp³-hybridized carbons (Fsp3) is 0.200. The van der Waals surface area contributed by atoms with Crippen molar-refractivity contribution in [2.45, 2.75) is 19.9 Å². The first-order valence-corrected chi connectivity index (χ1v) is 8.63. The first kappa shape index (κ1) is 17.0. The van der Waals surface area contributed by atoms with E-state index in [1.165, 1.54) is 0 Å². The van der Waals surface area contributed by atoms with Gasteiger partial charge in [-0.1, -0.05) is 18.2 Å². The molecule has 0 bridgehead atoms. The van der Waals surface area contributed by atoms with Gasteiger partial charge in [-0.3, -0.25) is 4.79 Å². The molecule has 0 radical (unpaired) electrons. The number of anilines is 2. The molecule has 138 valence electrons. The minimum atomic E-state index is -0.359. The molecule has 1 aliphatic rings. The highest BCUT2D eigenvalue weighted by molar-refractivity contribution is 5.96. The van der Waals surface area contributed by atoms with Crippen LogP contribution in [-0.4, -0.2) is 18.5 Å². The van der Waals surface area contributed by atoms with E-state index in [9.17, 15) is 9.59 Å². The number of rotatable bonds is 3. The number of hydrogen-bond acceptors (Lipinski definition) is 4. The normalized spacial score (nSPS) is 14.1. The molecule has 0 spiro atoms. The van der Waals surface area contributed by atoms with Crippen molar-refractivity contribution in [1.29, 1.82) is 0 Å². The Hall–Kier alpha value is -3.48. The predicted octanol–water partition coefficient (Wildman–Crippen LogP) is 3.95. The molecule has 3 aromatic rings. The van der Waals surface area contributed by atoms with Gasteiger partial charge in [0.2, 0.25) is 0 Å². The smallest absolute Gasteiger partial charge is 0.319 e. The number of fused-ring (bicyclic) bond motifs is 2. The topological polar surface area (TPSA) is 92.6 Å². The Labute approximate surface area is 155 Å². The van der Waals surface area contributed by atoms with Crippen molar-refractivity contribution in [3.8, 4) is 5.75 Å². The molecule has 1 atom stereocenters. The van der Waals surface area contributed by atoms with Crippen molar-refractivity contribution < 1.29 is 18.7 Å². The third kappa shape index (κ3) is 3.31. The second-order valence-electron chi connectivity index (χ2n) is 6.46. The minimum Gasteiger partial charge on any atom is -0.482 e. The summed E-state index contributed by atoms with van der Waals surface area (Å²) in [5.74, 6) is 1.05. The van der Waals surface area contributed by atoms with Crippen LogP contribution < -0.4 is 20.7 Å². The third-order valence-electron chi connectivity index (χ3n) is 4.49. The van der Waals surface area contributed by atoms with Gasteiger partial charge in [0.25, 0.3) is 5.91 Å². The maximum Gasteiger partial charge on any atom is 0.319 e. The lowest BCUT2D eigenvalue weighted by Crippen LogP contribution is -2.31. The average Bonchev–Trinajstić information content (AvgIpc) is 2.99. The molecule has 0 unspecified atom stereocenters. The molecule has 3 N–H and O–H groups in total. The van der Waals surface area contributed by atoms with Crippen LogP contribution in [0.1, 0.15) is 24.3 Å². The molecular formula is C20H19N3O4. The first-order valence-electron chi connectivity index (χ1n) is 8.63. The van der Waals surface area contributed by atoms with Gasteiger partial charge in [0.15, 0.2) is 6.61 Å². The quantitative estimate of drug-likeness (QED) is 0.655. The molecule has 4 rings (SSSR count). The van der Waals surface area contributed by atoms with E-state index in [1.807, 2.05) is 38.1 Å². The molecule has 0 saturated heterocycles. The summed E-state index contributed by atoms with van der Waals surface area (Å²) < 4.78 is 11.3. The van der Waals surface area contributed by atoms with Crippen molar-refractivity contribution >= 4 is 34.3 Å². The van der Waals surface area contributed by atoms with Gasteiger partial charge in [-0.25, -0.2) is 4.79 Å². The zero-order valence-corrected chi connectivity index (χ0v) is 15.0. The van der Waals surface area contributed by atoms with Crippen LogP contribution in [0, 0.1) is 6.92 Å². The lowest BCUT2D eigenvalue weighted by atomic mass is 10.1. The minimum absolute atomic E-state index is 0.0367. The standard InChI is InChI=1S/C20H19N3O4/c1-11-14-5-3-4-6-16(14)27-19(11)12(2)21-20(25)22-13-7-8-15-17(9-13)26-10-18(24)23-15/h3-9,12H,10H2,1-2H3,(H,23,24)(H2,21,22,25)/t12-/m1/s1. The second kappa shape index (κ2) is 6.68. The van der Waals surface area contributed by atoms with Gasteiger partial charge in [0.1, 0.15) is 17.1 Å². The summed E-state index contributed by atoms with van der Waals surface area (Å²) in [4.78, 5) is 23.7. The largest absolute Gasteiger partial charge is 0.482 e. The van der Waals surface area contributed by atoms with Crippen molar-refractivity contribution in [2.75, 3.05) is 17.2 Å². The molecule has 0 saturated carbocycles. The SMILES string of the molecule is Cc1c([C@@H](C)NC(=O)Nc2ccc3c(c2)OCC(=O)N3)oc2ccccc12. The van der Waals surface area contributed by atoms with E-state index in [2.05, 4.69) is 16.0 Å². The number of furan rings is 1. The highest BCUT2D eigenvalue weighted by atomic mass is 16.5. The van der Waals surface area contributed by atoms with Gasteiger partial charge in [-0.2, -0.15) is 0 Å². The molecule has 27 heavy (non-hydrogen) atoms. The van der Waals surface area contributed by atoms with E-state index in [0.717, 1.165) is 22.3 Å². The van der Waals surface area contributed by atoms with E-state index in [-0.39, 0.29) is 24.6 Å². The highest BCUT2D eigenvalue weighted by Gasteiger charge is 2.19. The molecule has 1 aliphatic heterocycles. The number of carbonyl (C=O) groups is 2. The van der Waals surface area contributed by atoms with Gasteiger partial charge in [-0.15, -0.1) is 0 Å². The van der Waals surface area contributed by atoms with E-state index in [0.29, 0.717) is 17.1 Å². The van der Waals surface area contributed by atoms with E-state index in [4.69, 9.17) is 9.15 Å². The molecule has 7 heteroatoms. The zero-order chi connectivity index (χ0) is 19.0. The second-order valence-corrected chi connectivity index (χ2v) is 6.46. The molecule has 3 amide bonds. The lowest BCUT2D eigenvalue weighted by molar-refractivity contribution is -0.118. The monoisotopic (exact) mass is 365 g/mol. The summed E-state index contributed by atoms with van der Waals surface area (Å²) in [5, 5.41) is 9.40. The molecule has 1 aromatic heterocycles. The van der Waals surface area contributed by atoms with Crippen LogP contribution in [0.4, 0.5) is 16.2 Å². The molecule has 2 aromatic carbocycles. The average molecular weight is 365 g/mol. The summed E-state index contributed by atoms with van der Waals surface area (Å²) in [5.41, 5.74) is 2.96. The van der Waals surface area contributed by atoms with Crippen LogP contribution in [0.3, 0.4) is 0 Å². The maximum atomic E-state index is 12.4. The van der Waals surface area contributed by atoms with Gasteiger partial charge in [0.05, 0.1) is 11.7 Å². The van der Waals surface area contributed by atoms with Gasteiger partial charge < -0.3 is 25.1 Å². The Morgan fingerprint density at radius 3 is 2.85 bits per heavy atom.